The maximum Gasteiger partial charge on any atom is 0.234 e. The molecule has 0 spiro atoms. The van der Waals surface area contributed by atoms with Crippen LogP contribution < -0.4 is 11.1 Å². The molecule has 4 nitrogen and oxygen atoms in total. The third-order valence-electron chi connectivity index (χ3n) is 1.59. The highest BCUT2D eigenvalue weighted by molar-refractivity contribution is 5.79. The molecule has 13 heavy (non-hydrogen) atoms. The van der Waals surface area contributed by atoms with E-state index in [0.29, 0.717) is 19.8 Å². The average molecular weight is 186 g/mol. The Labute approximate surface area is 79.1 Å². The highest BCUT2D eigenvalue weighted by Crippen LogP contribution is 1.83. The van der Waals surface area contributed by atoms with Crippen molar-refractivity contribution in [1.29, 1.82) is 0 Å². The lowest BCUT2D eigenvalue weighted by molar-refractivity contribution is -0.119. The van der Waals surface area contributed by atoms with E-state index in [1.54, 1.807) is 13.0 Å². The van der Waals surface area contributed by atoms with Crippen molar-refractivity contribution < 1.29 is 9.53 Å². The summed E-state index contributed by atoms with van der Waals surface area (Å²) in [4.78, 5) is 10.6. The largest absolute Gasteiger partial charge is 0.380 e. The topological polar surface area (TPSA) is 64.3 Å². The van der Waals surface area contributed by atoms with E-state index in [1.165, 1.54) is 0 Å². The molecule has 0 aromatic rings. The molecule has 0 saturated carbocycles. The summed E-state index contributed by atoms with van der Waals surface area (Å²) in [6.07, 6.45) is 2.66. The predicted molar refractivity (Wildman–Crippen MR) is 52.3 cm³/mol. The Morgan fingerprint density at radius 3 is 2.92 bits per heavy atom. The molecule has 1 amide bonds. The Hall–Kier alpha value is -0.870. The minimum absolute atomic E-state index is 0.289. The number of primary amides is 1. The van der Waals surface area contributed by atoms with Crippen LogP contribution in [0.4, 0.5) is 0 Å². The van der Waals surface area contributed by atoms with Crippen molar-refractivity contribution in [2.45, 2.75) is 19.4 Å². The summed E-state index contributed by atoms with van der Waals surface area (Å²) in [5, 5.41) is 2.93. The van der Waals surface area contributed by atoms with E-state index in [0.717, 1.165) is 6.42 Å². The molecule has 76 valence electrons. The van der Waals surface area contributed by atoms with E-state index in [4.69, 9.17) is 10.5 Å². The van der Waals surface area contributed by atoms with Crippen LogP contribution in [0.1, 0.15) is 13.3 Å². The van der Waals surface area contributed by atoms with Crippen LogP contribution in [-0.4, -0.2) is 31.7 Å². The second kappa shape index (κ2) is 7.76. The van der Waals surface area contributed by atoms with Crippen LogP contribution in [0.2, 0.25) is 0 Å². The zero-order valence-electron chi connectivity index (χ0n) is 8.08. The van der Waals surface area contributed by atoms with E-state index in [2.05, 4.69) is 11.9 Å². The number of carbonyl (C=O) groups is 1. The summed E-state index contributed by atoms with van der Waals surface area (Å²) >= 11 is 0. The molecule has 0 saturated heterocycles. The van der Waals surface area contributed by atoms with Gasteiger partial charge in [-0.25, -0.2) is 0 Å². The molecule has 0 fully saturated rings. The number of nitrogens with two attached hydrogens (primary N) is 1. The second-order valence-corrected chi connectivity index (χ2v) is 2.77. The summed E-state index contributed by atoms with van der Waals surface area (Å²) in [6.45, 7) is 7.21. The molecule has 1 unspecified atom stereocenters. The predicted octanol–water partition coefficient (Wildman–Crippen LogP) is 0.0425. The molecule has 3 N–H and O–H groups in total. The van der Waals surface area contributed by atoms with Crippen LogP contribution >= 0.6 is 0 Å². The molecule has 0 aromatic carbocycles. The zero-order valence-corrected chi connectivity index (χ0v) is 8.08. The Morgan fingerprint density at radius 2 is 2.38 bits per heavy atom. The standard InChI is InChI=1S/C9H18N2O2/c1-3-4-6-13-7-5-11-8(2)9(10)12/h3,8,11H,1,4-7H2,2H3,(H2,10,12). The number of rotatable bonds is 8. The van der Waals surface area contributed by atoms with Gasteiger partial charge in [-0.05, 0) is 13.3 Å². The smallest absolute Gasteiger partial charge is 0.234 e. The number of ether oxygens (including phenoxy) is 1. The monoisotopic (exact) mass is 186 g/mol. The lowest BCUT2D eigenvalue weighted by Gasteiger charge is -2.09. The van der Waals surface area contributed by atoms with Gasteiger partial charge in [0.1, 0.15) is 0 Å². The van der Waals surface area contributed by atoms with Crippen molar-refractivity contribution in [2.75, 3.05) is 19.8 Å². The van der Waals surface area contributed by atoms with Gasteiger partial charge in [-0.3, -0.25) is 4.79 Å². The first kappa shape index (κ1) is 12.1. The minimum Gasteiger partial charge on any atom is -0.380 e. The molecule has 0 aromatic heterocycles. The highest BCUT2D eigenvalue weighted by atomic mass is 16.5. The van der Waals surface area contributed by atoms with E-state index in [9.17, 15) is 4.79 Å². The molecule has 0 heterocycles. The summed E-state index contributed by atoms with van der Waals surface area (Å²) < 4.78 is 5.22. The Kier molecular flexibility index (Phi) is 7.24. The first-order valence-corrected chi connectivity index (χ1v) is 4.39. The Balaban J connectivity index is 3.15. The van der Waals surface area contributed by atoms with Crippen molar-refractivity contribution in [2.24, 2.45) is 5.73 Å². The van der Waals surface area contributed by atoms with E-state index >= 15 is 0 Å². The number of hydrogen-bond acceptors (Lipinski definition) is 3. The van der Waals surface area contributed by atoms with E-state index in [-0.39, 0.29) is 11.9 Å². The second-order valence-electron chi connectivity index (χ2n) is 2.77. The summed E-state index contributed by atoms with van der Waals surface area (Å²) in [7, 11) is 0. The number of nitrogens with one attached hydrogen (secondary N) is 1. The molecule has 0 radical (unpaired) electrons. The third-order valence-corrected chi connectivity index (χ3v) is 1.59. The van der Waals surface area contributed by atoms with Gasteiger partial charge in [0, 0.05) is 6.54 Å². The van der Waals surface area contributed by atoms with Gasteiger partial charge in [0.05, 0.1) is 19.3 Å². The van der Waals surface area contributed by atoms with Crippen LogP contribution in [0.15, 0.2) is 12.7 Å². The molecule has 0 aliphatic carbocycles. The Bertz CT molecular complexity index is 160. The van der Waals surface area contributed by atoms with Gasteiger partial charge < -0.3 is 15.8 Å². The number of hydrogen-bond donors (Lipinski definition) is 2. The van der Waals surface area contributed by atoms with Gasteiger partial charge in [0.25, 0.3) is 0 Å². The normalized spacial score (nSPS) is 12.4. The minimum atomic E-state index is -0.342. The first-order valence-electron chi connectivity index (χ1n) is 4.39. The molecular weight excluding hydrogens is 168 g/mol. The fourth-order valence-corrected chi connectivity index (χ4v) is 0.717. The van der Waals surface area contributed by atoms with Crippen molar-refractivity contribution in [1.82, 2.24) is 5.32 Å². The molecule has 0 bridgehead atoms. The molecule has 0 rings (SSSR count). The molecular formula is C9H18N2O2. The van der Waals surface area contributed by atoms with Crippen molar-refractivity contribution in [3.05, 3.63) is 12.7 Å². The molecule has 4 heteroatoms. The highest BCUT2D eigenvalue weighted by Gasteiger charge is 2.05. The van der Waals surface area contributed by atoms with Crippen LogP contribution in [0.3, 0.4) is 0 Å². The number of amides is 1. The SMILES string of the molecule is C=CCCOCCNC(C)C(N)=O. The number of carbonyl (C=O) groups excluding carboxylic acids is 1. The van der Waals surface area contributed by atoms with Gasteiger partial charge in [-0.1, -0.05) is 6.08 Å². The van der Waals surface area contributed by atoms with Crippen LogP contribution in [0.5, 0.6) is 0 Å². The van der Waals surface area contributed by atoms with E-state index < -0.39 is 0 Å². The Morgan fingerprint density at radius 1 is 1.69 bits per heavy atom. The van der Waals surface area contributed by atoms with Crippen molar-refractivity contribution in [3.63, 3.8) is 0 Å². The van der Waals surface area contributed by atoms with E-state index in [1.807, 2.05) is 0 Å². The zero-order chi connectivity index (χ0) is 10.1. The van der Waals surface area contributed by atoms with Crippen LogP contribution in [0.25, 0.3) is 0 Å². The maximum absolute atomic E-state index is 10.6. The summed E-state index contributed by atoms with van der Waals surface area (Å²) in [6, 6.07) is -0.289. The fourth-order valence-electron chi connectivity index (χ4n) is 0.717. The van der Waals surface area contributed by atoms with Gasteiger partial charge in [0.2, 0.25) is 5.91 Å². The quantitative estimate of drug-likeness (QED) is 0.415. The fraction of sp³-hybridized carbons (Fsp3) is 0.667. The summed E-state index contributed by atoms with van der Waals surface area (Å²) in [5.41, 5.74) is 5.04. The molecule has 0 aliphatic heterocycles. The average Bonchev–Trinajstić information content (AvgIpc) is 2.10. The van der Waals surface area contributed by atoms with Gasteiger partial charge >= 0.3 is 0 Å². The summed E-state index contributed by atoms with van der Waals surface area (Å²) in [5.74, 6) is -0.342. The van der Waals surface area contributed by atoms with Gasteiger partial charge in [0.15, 0.2) is 0 Å². The third kappa shape index (κ3) is 7.49. The van der Waals surface area contributed by atoms with Gasteiger partial charge in [-0.2, -0.15) is 0 Å². The first-order chi connectivity index (χ1) is 6.18. The maximum atomic E-state index is 10.6. The lowest BCUT2D eigenvalue weighted by atomic mass is 10.3. The van der Waals surface area contributed by atoms with Crippen LogP contribution in [-0.2, 0) is 9.53 Å². The van der Waals surface area contributed by atoms with Gasteiger partial charge in [-0.15, -0.1) is 6.58 Å². The molecule has 0 aliphatic rings. The lowest BCUT2D eigenvalue weighted by Crippen LogP contribution is -2.40. The van der Waals surface area contributed by atoms with Crippen molar-refractivity contribution >= 4 is 5.91 Å². The van der Waals surface area contributed by atoms with Crippen molar-refractivity contribution in [3.8, 4) is 0 Å². The molecule has 1 atom stereocenters. The van der Waals surface area contributed by atoms with Crippen LogP contribution in [0, 0.1) is 0 Å².